The Balaban J connectivity index is 2.94. The first kappa shape index (κ1) is 17.2. The third-order valence-electron chi connectivity index (χ3n) is 3.30. The van der Waals surface area contributed by atoms with Crippen LogP contribution in [0.1, 0.15) is 83.5 Å². The maximum Gasteiger partial charge on any atom is 0.303 e. The molecular weight excluding hydrogens is 224 g/mol. The SMILES string of the molecule is C=CCCCCCCCCCCCCCC(=O)O. The molecule has 0 heterocycles. The number of carboxylic acids is 1. The lowest BCUT2D eigenvalue weighted by atomic mass is 10.0. The summed E-state index contributed by atoms with van der Waals surface area (Å²) in [5.41, 5.74) is 0. The summed E-state index contributed by atoms with van der Waals surface area (Å²) in [6.45, 7) is 3.73. The third-order valence-corrected chi connectivity index (χ3v) is 3.30. The minimum atomic E-state index is -0.661. The highest BCUT2D eigenvalue weighted by atomic mass is 16.4. The van der Waals surface area contributed by atoms with Crippen molar-refractivity contribution in [1.82, 2.24) is 0 Å². The van der Waals surface area contributed by atoms with Crippen molar-refractivity contribution >= 4 is 5.97 Å². The van der Waals surface area contributed by atoms with E-state index < -0.39 is 5.97 Å². The van der Waals surface area contributed by atoms with Crippen molar-refractivity contribution in [2.24, 2.45) is 0 Å². The largest absolute Gasteiger partial charge is 0.481 e. The van der Waals surface area contributed by atoms with Crippen LogP contribution < -0.4 is 0 Å². The van der Waals surface area contributed by atoms with Gasteiger partial charge in [0, 0.05) is 6.42 Å². The van der Waals surface area contributed by atoms with Crippen LogP contribution in [0.5, 0.6) is 0 Å². The van der Waals surface area contributed by atoms with E-state index >= 15 is 0 Å². The van der Waals surface area contributed by atoms with E-state index in [-0.39, 0.29) is 0 Å². The molecule has 0 aromatic rings. The van der Waals surface area contributed by atoms with Crippen LogP contribution in [-0.2, 0) is 4.79 Å². The molecule has 0 fully saturated rings. The average molecular weight is 254 g/mol. The number of rotatable bonds is 14. The molecule has 0 atom stereocenters. The van der Waals surface area contributed by atoms with Crippen LogP contribution in [-0.4, -0.2) is 11.1 Å². The number of allylic oxidation sites excluding steroid dienone is 1. The molecule has 0 bridgehead atoms. The Bertz CT molecular complexity index is 199. The summed E-state index contributed by atoms with van der Waals surface area (Å²) in [7, 11) is 0. The zero-order chi connectivity index (χ0) is 13.5. The third kappa shape index (κ3) is 15.2. The van der Waals surface area contributed by atoms with Gasteiger partial charge in [-0.05, 0) is 19.3 Å². The van der Waals surface area contributed by atoms with Gasteiger partial charge in [0.1, 0.15) is 0 Å². The van der Waals surface area contributed by atoms with Crippen molar-refractivity contribution in [3.8, 4) is 0 Å². The minimum absolute atomic E-state index is 0.338. The maximum absolute atomic E-state index is 10.3. The molecule has 2 heteroatoms. The molecule has 106 valence electrons. The van der Waals surface area contributed by atoms with E-state index in [1.165, 1.54) is 57.8 Å². The normalized spacial score (nSPS) is 10.4. The molecule has 18 heavy (non-hydrogen) atoms. The van der Waals surface area contributed by atoms with Gasteiger partial charge < -0.3 is 5.11 Å². The lowest BCUT2D eigenvalue weighted by molar-refractivity contribution is -0.137. The highest BCUT2D eigenvalue weighted by Gasteiger charge is 1.96. The number of carbonyl (C=O) groups is 1. The molecule has 0 aliphatic carbocycles. The Morgan fingerprint density at radius 2 is 1.17 bits per heavy atom. The molecule has 0 aromatic carbocycles. The fourth-order valence-corrected chi connectivity index (χ4v) is 2.16. The van der Waals surface area contributed by atoms with E-state index in [4.69, 9.17) is 5.11 Å². The van der Waals surface area contributed by atoms with E-state index in [0.29, 0.717) is 6.42 Å². The van der Waals surface area contributed by atoms with Crippen LogP contribution in [0.4, 0.5) is 0 Å². The van der Waals surface area contributed by atoms with Gasteiger partial charge in [-0.2, -0.15) is 0 Å². The number of carboxylic acid groups (broad SMARTS) is 1. The van der Waals surface area contributed by atoms with Crippen molar-refractivity contribution in [1.29, 1.82) is 0 Å². The predicted molar refractivity (Wildman–Crippen MR) is 77.9 cm³/mol. The number of unbranched alkanes of at least 4 members (excludes halogenated alkanes) is 11. The summed E-state index contributed by atoms with van der Waals surface area (Å²) in [5.74, 6) is -0.661. The molecule has 0 unspecified atom stereocenters. The molecule has 0 saturated carbocycles. The molecule has 2 nitrogen and oxygen atoms in total. The van der Waals surface area contributed by atoms with Gasteiger partial charge in [-0.15, -0.1) is 6.58 Å². The summed E-state index contributed by atoms with van der Waals surface area (Å²) < 4.78 is 0. The molecule has 0 spiro atoms. The monoisotopic (exact) mass is 254 g/mol. The van der Waals surface area contributed by atoms with Crippen LogP contribution in [0.2, 0.25) is 0 Å². The van der Waals surface area contributed by atoms with Crippen LogP contribution >= 0.6 is 0 Å². The lowest BCUT2D eigenvalue weighted by Gasteiger charge is -2.02. The smallest absolute Gasteiger partial charge is 0.303 e. The van der Waals surface area contributed by atoms with Crippen LogP contribution in [0.25, 0.3) is 0 Å². The number of hydrogen-bond acceptors (Lipinski definition) is 1. The van der Waals surface area contributed by atoms with Crippen molar-refractivity contribution in [2.75, 3.05) is 0 Å². The first-order valence-electron chi connectivity index (χ1n) is 7.60. The van der Waals surface area contributed by atoms with E-state index in [1.807, 2.05) is 6.08 Å². The predicted octanol–water partition coefficient (Wildman–Crippen LogP) is 5.33. The Labute approximate surface area is 112 Å². The summed E-state index contributed by atoms with van der Waals surface area (Å²) in [5, 5.41) is 8.49. The molecule has 1 N–H and O–H groups in total. The van der Waals surface area contributed by atoms with Crippen molar-refractivity contribution in [3.05, 3.63) is 12.7 Å². The second kappa shape index (κ2) is 14.3. The lowest BCUT2D eigenvalue weighted by Crippen LogP contribution is -1.93. The van der Waals surface area contributed by atoms with E-state index in [0.717, 1.165) is 19.3 Å². The van der Waals surface area contributed by atoms with Gasteiger partial charge in [0.25, 0.3) is 0 Å². The number of hydrogen-bond donors (Lipinski definition) is 1. The van der Waals surface area contributed by atoms with Crippen molar-refractivity contribution < 1.29 is 9.90 Å². The summed E-state index contributed by atoms with van der Waals surface area (Å²) in [6, 6.07) is 0. The van der Waals surface area contributed by atoms with E-state index in [9.17, 15) is 4.79 Å². The maximum atomic E-state index is 10.3. The second-order valence-corrected chi connectivity index (χ2v) is 5.11. The van der Waals surface area contributed by atoms with Crippen molar-refractivity contribution in [3.63, 3.8) is 0 Å². The summed E-state index contributed by atoms with van der Waals surface area (Å²) in [4.78, 5) is 10.3. The highest BCUT2D eigenvalue weighted by molar-refractivity contribution is 5.66. The first-order chi connectivity index (χ1) is 8.77. The van der Waals surface area contributed by atoms with Gasteiger partial charge in [-0.25, -0.2) is 0 Å². The number of aliphatic carboxylic acids is 1. The minimum Gasteiger partial charge on any atom is -0.481 e. The molecule has 0 saturated heterocycles. The van der Waals surface area contributed by atoms with Crippen LogP contribution in [0.3, 0.4) is 0 Å². The Hall–Kier alpha value is -0.790. The topological polar surface area (TPSA) is 37.3 Å². The standard InChI is InChI=1S/C16H30O2/c1-2-3-4-5-6-7-8-9-10-11-12-13-14-15-16(17)18/h2H,1,3-15H2,(H,17,18). The zero-order valence-electron chi connectivity index (χ0n) is 11.8. The molecule has 0 aliphatic rings. The fourth-order valence-electron chi connectivity index (χ4n) is 2.16. The Morgan fingerprint density at radius 3 is 1.56 bits per heavy atom. The van der Waals surface area contributed by atoms with Crippen LogP contribution in [0, 0.1) is 0 Å². The molecule has 0 aromatic heterocycles. The fraction of sp³-hybridized carbons (Fsp3) is 0.812. The van der Waals surface area contributed by atoms with Gasteiger partial charge in [0.2, 0.25) is 0 Å². The van der Waals surface area contributed by atoms with Crippen molar-refractivity contribution in [2.45, 2.75) is 83.5 Å². The Morgan fingerprint density at radius 1 is 0.778 bits per heavy atom. The first-order valence-corrected chi connectivity index (χ1v) is 7.60. The van der Waals surface area contributed by atoms with Gasteiger partial charge in [0.05, 0.1) is 0 Å². The highest BCUT2D eigenvalue weighted by Crippen LogP contribution is 2.12. The van der Waals surface area contributed by atoms with Crippen LogP contribution in [0.15, 0.2) is 12.7 Å². The molecule has 0 radical (unpaired) electrons. The molecular formula is C16H30O2. The Kier molecular flexibility index (Phi) is 13.6. The second-order valence-electron chi connectivity index (χ2n) is 5.11. The average Bonchev–Trinajstić information content (AvgIpc) is 2.34. The summed E-state index contributed by atoms with van der Waals surface area (Å²) >= 11 is 0. The summed E-state index contributed by atoms with van der Waals surface area (Å²) in [6.07, 6.45) is 17.3. The quantitative estimate of drug-likeness (QED) is 0.336. The van der Waals surface area contributed by atoms with Gasteiger partial charge in [0.15, 0.2) is 0 Å². The van der Waals surface area contributed by atoms with Gasteiger partial charge >= 0.3 is 5.97 Å². The molecule has 0 amide bonds. The zero-order valence-corrected chi connectivity index (χ0v) is 11.8. The molecule has 0 aliphatic heterocycles. The van der Waals surface area contributed by atoms with E-state index in [2.05, 4.69) is 6.58 Å². The van der Waals surface area contributed by atoms with E-state index in [1.54, 1.807) is 0 Å². The molecule has 0 rings (SSSR count). The van der Waals surface area contributed by atoms with Gasteiger partial charge in [-0.1, -0.05) is 63.9 Å². The van der Waals surface area contributed by atoms with Gasteiger partial charge in [-0.3, -0.25) is 4.79 Å².